The highest BCUT2D eigenvalue weighted by Gasteiger charge is 2.05. The molecule has 0 aromatic heterocycles. The summed E-state index contributed by atoms with van der Waals surface area (Å²) in [5, 5.41) is 6.85. The Hall–Kier alpha value is -1.94. The maximum Gasteiger partial charge on any atom is 0.170 e. The fraction of sp³-hybridized carbons (Fsp3) is 0.235. The highest BCUT2D eigenvalue weighted by atomic mass is 32.1. The summed E-state index contributed by atoms with van der Waals surface area (Å²) >= 11 is 5.26. The SMILES string of the molecule is CC(CCc1ccccc1)NC(=S)Nc1ccc(F)cc1. The Morgan fingerprint density at radius 3 is 2.43 bits per heavy atom. The van der Waals surface area contributed by atoms with E-state index in [2.05, 4.69) is 29.7 Å². The van der Waals surface area contributed by atoms with Crippen molar-refractivity contribution >= 4 is 23.0 Å². The predicted molar refractivity (Wildman–Crippen MR) is 90.0 cm³/mol. The van der Waals surface area contributed by atoms with Crippen LogP contribution in [-0.4, -0.2) is 11.2 Å². The fourth-order valence-corrected chi connectivity index (χ4v) is 2.34. The Morgan fingerprint density at radius 2 is 1.76 bits per heavy atom. The molecule has 0 aliphatic carbocycles. The molecular weight excluding hydrogens is 283 g/mol. The van der Waals surface area contributed by atoms with Crippen molar-refractivity contribution in [3.63, 3.8) is 0 Å². The van der Waals surface area contributed by atoms with E-state index in [9.17, 15) is 4.39 Å². The van der Waals surface area contributed by atoms with Gasteiger partial charge in [0.2, 0.25) is 0 Å². The van der Waals surface area contributed by atoms with Crippen molar-refractivity contribution in [1.29, 1.82) is 0 Å². The average Bonchev–Trinajstić information content (AvgIpc) is 2.48. The summed E-state index contributed by atoms with van der Waals surface area (Å²) in [4.78, 5) is 0. The first-order valence-electron chi connectivity index (χ1n) is 7.00. The molecule has 2 N–H and O–H groups in total. The molecule has 0 heterocycles. The van der Waals surface area contributed by atoms with Gasteiger partial charge < -0.3 is 10.6 Å². The van der Waals surface area contributed by atoms with Gasteiger partial charge in [-0.3, -0.25) is 0 Å². The Morgan fingerprint density at radius 1 is 1.10 bits per heavy atom. The second kappa shape index (κ2) is 7.74. The number of hydrogen-bond donors (Lipinski definition) is 2. The van der Waals surface area contributed by atoms with E-state index < -0.39 is 0 Å². The first kappa shape index (κ1) is 15.4. The van der Waals surface area contributed by atoms with E-state index in [1.165, 1.54) is 17.7 Å². The highest BCUT2D eigenvalue weighted by Crippen LogP contribution is 2.09. The molecule has 2 aromatic carbocycles. The monoisotopic (exact) mass is 302 g/mol. The minimum atomic E-state index is -0.254. The maximum absolute atomic E-state index is 12.8. The van der Waals surface area contributed by atoms with Crippen molar-refractivity contribution < 1.29 is 4.39 Å². The topological polar surface area (TPSA) is 24.1 Å². The summed E-state index contributed by atoms with van der Waals surface area (Å²) in [6, 6.07) is 16.8. The molecule has 0 spiro atoms. The van der Waals surface area contributed by atoms with Crippen LogP contribution in [0.5, 0.6) is 0 Å². The molecule has 21 heavy (non-hydrogen) atoms. The van der Waals surface area contributed by atoms with Crippen LogP contribution in [0.25, 0.3) is 0 Å². The lowest BCUT2D eigenvalue weighted by molar-refractivity contribution is 0.609. The van der Waals surface area contributed by atoms with Gasteiger partial charge >= 0.3 is 0 Å². The standard InChI is InChI=1S/C17H19FN2S/c1-13(7-8-14-5-3-2-4-6-14)19-17(21)20-16-11-9-15(18)10-12-16/h2-6,9-13H,7-8H2,1H3,(H2,19,20,21). The number of anilines is 1. The van der Waals surface area contributed by atoms with E-state index in [-0.39, 0.29) is 11.9 Å². The van der Waals surface area contributed by atoms with Crippen LogP contribution >= 0.6 is 12.2 Å². The Bertz CT molecular complexity index is 569. The molecule has 2 nitrogen and oxygen atoms in total. The van der Waals surface area contributed by atoms with Gasteiger partial charge in [-0.2, -0.15) is 0 Å². The first-order chi connectivity index (χ1) is 10.1. The zero-order valence-electron chi connectivity index (χ0n) is 12.0. The van der Waals surface area contributed by atoms with Crippen LogP contribution in [0.15, 0.2) is 54.6 Å². The number of nitrogens with one attached hydrogen (secondary N) is 2. The number of thiocarbonyl (C=S) groups is 1. The predicted octanol–water partition coefficient (Wildman–Crippen LogP) is 4.13. The Labute approximate surface area is 130 Å². The van der Waals surface area contributed by atoms with Crippen molar-refractivity contribution in [3.8, 4) is 0 Å². The number of halogens is 1. The van der Waals surface area contributed by atoms with Crippen molar-refractivity contribution in [2.24, 2.45) is 0 Å². The van der Waals surface area contributed by atoms with Crippen molar-refractivity contribution in [2.45, 2.75) is 25.8 Å². The number of hydrogen-bond acceptors (Lipinski definition) is 1. The summed E-state index contributed by atoms with van der Waals surface area (Å²) in [5.41, 5.74) is 2.10. The molecule has 110 valence electrons. The van der Waals surface area contributed by atoms with Crippen molar-refractivity contribution in [1.82, 2.24) is 5.32 Å². The molecule has 0 amide bonds. The Kier molecular flexibility index (Phi) is 5.69. The zero-order valence-corrected chi connectivity index (χ0v) is 12.8. The lowest BCUT2D eigenvalue weighted by Gasteiger charge is -2.17. The quantitative estimate of drug-likeness (QED) is 0.812. The summed E-state index contributed by atoms with van der Waals surface area (Å²) in [6.45, 7) is 2.10. The fourth-order valence-electron chi connectivity index (χ4n) is 2.02. The van der Waals surface area contributed by atoms with Gasteiger partial charge in [-0.1, -0.05) is 30.3 Å². The van der Waals surface area contributed by atoms with Gasteiger partial charge in [0.05, 0.1) is 0 Å². The van der Waals surface area contributed by atoms with Gasteiger partial charge in [-0.05, 0) is 61.8 Å². The van der Waals surface area contributed by atoms with Crippen molar-refractivity contribution in [3.05, 3.63) is 66.0 Å². The van der Waals surface area contributed by atoms with Gasteiger partial charge in [0.25, 0.3) is 0 Å². The molecule has 1 atom stereocenters. The van der Waals surface area contributed by atoms with Gasteiger partial charge in [0, 0.05) is 11.7 Å². The molecule has 4 heteroatoms. The zero-order chi connectivity index (χ0) is 15.1. The molecule has 0 aliphatic heterocycles. The normalized spacial score (nSPS) is 11.7. The smallest absolute Gasteiger partial charge is 0.170 e. The molecule has 0 saturated heterocycles. The molecule has 0 radical (unpaired) electrons. The third-order valence-corrected chi connectivity index (χ3v) is 3.41. The molecule has 0 fully saturated rings. The van der Waals surface area contributed by atoms with E-state index >= 15 is 0 Å². The molecule has 2 rings (SSSR count). The second-order valence-electron chi connectivity index (χ2n) is 5.03. The number of rotatable bonds is 5. The summed E-state index contributed by atoms with van der Waals surface area (Å²) < 4.78 is 12.8. The van der Waals surface area contributed by atoms with E-state index in [0.717, 1.165) is 18.5 Å². The first-order valence-corrected chi connectivity index (χ1v) is 7.41. The van der Waals surface area contributed by atoms with Crippen LogP contribution in [0.4, 0.5) is 10.1 Å². The van der Waals surface area contributed by atoms with Crippen LogP contribution < -0.4 is 10.6 Å². The van der Waals surface area contributed by atoms with Gasteiger partial charge in [0.1, 0.15) is 5.82 Å². The summed E-state index contributed by atoms with van der Waals surface area (Å²) in [7, 11) is 0. The average molecular weight is 302 g/mol. The lowest BCUT2D eigenvalue weighted by Crippen LogP contribution is -2.36. The molecule has 0 aliphatic rings. The van der Waals surface area contributed by atoms with Crippen LogP contribution in [0.2, 0.25) is 0 Å². The van der Waals surface area contributed by atoms with Gasteiger partial charge in [-0.15, -0.1) is 0 Å². The lowest BCUT2D eigenvalue weighted by atomic mass is 10.1. The van der Waals surface area contributed by atoms with E-state index in [1.54, 1.807) is 12.1 Å². The van der Waals surface area contributed by atoms with Crippen LogP contribution in [0.3, 0.4) is 0 Å². The van der Waals surface area contributed by atoms with E-state index in [4.69, 9.17) is 12.2 Å². The third-order valence-electron chi connectivity index (χ3n) is 3.19. The van der Waals surface area contributed by atoms with Crippen molar-refractivity contribution in [2.75, 3.05) is 5.32 Å². The van der Waals surface area contributed by atoms with Gasteiger partial charge in [-0.25, -0.2) is 4.39 Å². The summed E-state index contributed by atoms with van der Waals surface area (Å²) in [5.74, 6) is -0.254. The minimum absolute atomic E-state index is 0.254. The number of benzene rings is 2. The Balaban J connectivity index is 1.75. The molecule has 2 aromatic rings. The minimum Gasteiger partial charge on any atom is -0.360 e. The van der Waals surface area contributed by atoms with E-state index in [0.29, 0.717) is 5.11 Å². The van der Waals surface area contributed by atoms with Crippen LogP contribution in [0, 0.1) is 5.82 Å². The largest absolute Gasteiger partial charge is 0.360 e. The highest BCUT2D eigenvalue weighted by molar-refractivity contribution is 7.80. The van der Waals surface area contributed by atoms with Crippen LogP contribution in [0.1, 0.15) is 18.9 Å². The van der Waals surface area contributed by atoms with Gasteiger partial charge in [0.15, 0.2) is 5.11 Å². The maximum atomic E-state index is 12.8. The second-order valence-corrected chi connectivity index (χ2v) is 5.44. The molecule has 0 bridgehead atoms. The van der Waals surface area contributed by atoms with Crippen LogP contribution in [-0.2, 0) is 6.42 Å². The molecular formula is C17H19FN2S. The number of aryl methyl sites for hydroxylation is 1. The third kappa shape index (κ3) is 5.52. The molecule has 0 saturated carbocycles. The molecule has 1 unspecified atom stereocenters. The van der Waals surface area contributed by atoms with E-state index in [1.807, 2.05) is 18.2 Å². The summed E-state index contributed by atoms with van der Waals surface area (Å²) in [6.07, 6.45) is 2.00.